The second-order valence-corrected chi connectivity index (χ2v) is 5.62. The molecule has 6 heteroatoms. The summed E-state index contributed by atoms with van der Waals surface area (Å²) in [7, 11) is 4.05. The molecule has 0 unspecified atom stereocenters. The quantitative estimate of drug-likeness (QED) is 0.295. The van der Waals surface area contributed by atoms with Crippen molar-refractivity contribution < 1.29 is 4.79 Å². The summed E-state index contributed by atoms with van der Waals surface area (Å²) in [5, 5.41) is 3.13. The zero-order valence-corrected chi connectivity index (χ0v) is 12.1. The van der Waals surface area contributed by atoms with Crippen LogP contribution in [0.4, 0.5) is 0 Å². The van der Waals surface area contributed by atoms with Crippen molar-refractivity contribution in [2.75, 3.05) is 27.2 Å². The molecule has 0 aliphatic heterocycles. The molecule has 1 aromatic heterocycles. The van der Waals surface area contributed by atoms with Crippen molar-refractivity contribution in [2.45, 2.75) is 19.9 Å². The number of hydrogen-bond acceptors (Lipinski definition) is 5. The van der Waals surface area contributed by atoms with E-state index in [2.05, 4.69) is 22.7 Å². The lowest BCUT2D eigenvalue weighted by Crippen LogP contribution is -2.29. The van der Waals surface area contributed by atoms with Gasteiger partial charge in [0.25, 0.3) is 5.91 Å². The number of nitrogens with one attached hydrogen (secondary N) is 2. The summed E-state index contributed by atoms with van der Waals surface area (Å²) in [5.41, 5.74) is 3.37. The lowest BCUT2D eigenvalue weighted by molar-refractivity contribution is 0.0957. The molecule has 4 N–H and O–H groups in total. The molecule has 0 saturated heterocycles. The third-order valence-electron chi connectivity index (χ3n) is 2.78. The van der Waals surface area contributed by atoms with Crippen molar-refractivity contribution in [2.24, 2.45) is 5.84 Å². The third kappa shape index (κ3) is 4.38. The fourth-order valence-electron chi connectivity index (χ4n) is 1.76. The van der Waals surface area contributed by atoms with E-state index in [1.165, 1.54) is 21.8 Å². The number of hydrazine groups is 1. The van der Waals surface area contributed by atoms with Crippen LogP contribution in [0.5, 0.6) is 0 Å². The minimum atomic E-state index is -0.216. The lowest BCUT2D eigenvalue weighted by Gasteiger charge is -2.16. The molecule has 0 atom stereocenters. The largest absolute Gasteiger partial charge is 0.320 e. The van der Waals surface area contributed by atoms with Gasteiger partial charge in [0.15, 0.2) is 0 Å². The Hall–Kier alpha value is -0.950. The number of carbonyl (C=O) groups excluding carboxylic acids is 1. The minimum absolute atomic E-state index is 0.216. The van der Waals surface area contributed by atoms with E-state index in [-0.39, 0.29) is 5.91 Å². The molecule has 1 aromatic rings. The van der Waals surface area contributed by atoms with Crippen molar-refractivity contribution >= 4 is 17.2 Å². The van der Waals surface area contributed by atoms with E-state index in [0.717, 1.165) is 26.1 Å². The fraction of sp³-hybridized carbons (Fsp3) is 0.583. The molecule has 0 aliphatic carbocycles. The molecule has 0 aliphatic rings. The van der Waals surface area contributed by atoms with E-state index in [1.807, 2.05) is 20.0 Å². The predicted molar refractivity (Wildman–Crippen MR) is 75.6 cm³/mol. The number of amides is 1. The van der Waals surface area contributed by atoms with Crippen LogP contribution < -0.4 is 16.6 Å². The van der Waals surface area contributed by atoms with Crippen molar-refractivity contribution in [1.82, 2.24) is 15.6 Å². The summed E-state index contributed by atoms with van der Waals surface area (Å²) < 4.78 is 0. The first-order valence-electron chi connectivity index (χ1n) is 6.02. The van der Waals surface area contributed by atoms with Crippen LogP contribution in [0.3, 0.4) is 0 Å². The SMILES string of the molecule is CNCCCN(C)Cc1cc(C(=O)NN)sc1C. The molecule has 0 fully saturated rings. The molecule has 0 saturated carbocycles. The van der Waals surface area contributed by atoms with Crippen LogP contribution in [0, 0.1) is 6.92 Å². The summed E-state index contributed by atoms with van der Waals surface area (Å²) in [6.07, 6.45) is 1.12. The Morgan fingerprint density at radius 3 is 2.89 bits per heavy atom. The first kappa shape index (κ1) is 15.1. The highest BCUT2D eigenvalue weighted by molar-refractivity contribution is 7.14. The number of nitrogens with two attached hydrogens (primary N) is 1. The van der Waals surface area contributed by atoms with Gasteiger partial charge in [0.05, 0.1) is 4.88 Å². The first-order valence-corrected chi connectivity index (χ1v) is 6.83. The van der Waals surface area contributed by atoms with Gasteiger partial charge in [0.2, 0.25) is 0 Å². The molecular formula is C12H22N4OS. The molecule has 0 aromatic carbocycles. The number of nitrogens with zero attached hydrogens (tertiary/aromatic N) is 1. The standard InChI is InChI=1S/C12H22N4OS/c1-9-10(7-11(18-9)12(17)15-13)8-16(3)6-4-5-14-2/h7,14H,4-6,8,13H2,1-3H3,(H,15,17). The van der Waals surface area contributed by atoms with Crippen molar-refractivity contribution in [1.29, 1.82) is 0 Å². The monoisotopic (exact) mass is 270 g/mol. The zero-order valence-electron chi connectivity index (χ0n) is 11.2. The molecule has 0 bridgehead atoms. The maximum Gasteiger partial charge on any atom is 0.275 e. The van der Waals surface area contributed by atoms with Gasteiger partial charge in [-0.2, -0.15) is 0 Å². The van der Waals surface area contributed by atoms with Crippen LogP contribution in [0.25, 0.3) is 0 Å². The number of carbonyl (C=O) groups is 1. The molecule has 18 heavy (non-hydrogen) atoms. The maximum absolute atomic E-state index is 11.4. The summed E-state index contributed by atoms with van der Waals surface area (Å²) in [5.74, 6) is 4.92. The topological polar surface area (TPSA) is 70.4 Å². The molecule has 1 amide bonds. The Morgan fingerprint density at radius 2 is 2.28 bits per heavy atom. The summed E-state index contributed by atoms with van der Waals surface area (Å²) >= 11 is 1.49. The maximum atomic E-state index is 11.4. The molecule has 1 heterocycles. The summed E-state index contributed by atoms with van der Waals surface area (Å²) in [6, 6.07) is 1.93. The van der Waals surface area contributed by atoms with Gasteiger partial charge in [-0.05, 0) is 52.2 Å². The van der Waals surface area contributed by atoms with Gasteiger partial charge < -0.3 is 10.2 Å². The number of aryl methyl sites for hydroxylation is 1. The van der Waals surface area contributed by atoms with Crippen molar-refractivity contribution in [3.05, 3.63) is 21.4 Å². The summed E-state index contributed by atoms with van der Waals surface area (Å²) in [6.45, 7) is 4.96. The van der Waals surface area contributed by atoms with Crippen LogP contribution in [-0.2, 0) is 6.54 Å². The molecular weight excluding hydrogens is 248 g/mol. The van der Waals surface area contributed by atoms with Crippen LogP contribution in [0.2, 0.25) is 0 Å². The number of rotatable bonds is 7. The molecule has 5 nitrogen and oxygen atoms in total. The highest BCUT2D eigenvalue weighted by Crippen LogP contribution is 2.22. The Labute approximate surface area is 112 Å². The molecule has 0 spiro atoms. The number of nitrogen functional groups attached to an aromatic ring is 1. The third-order valence-corrected chi connectivity index (χ3v) is 3.87. The van der Waals surface area contributed by atoms with Crippen molar-refractivity contribution in [3.63, 3.8) is 0 Å². The second kappa shape index (κ2) is 7.48. The van der Waals surface area contributed by atoms with Crippen LogP contribution >= 0.6 is 11.3 Å². The first-order chi connectivity index (χ1) is 8.58. The predicted octanol–water partition coefficient (Wildman–Crippen LogP) is 0.701. The summed E-state index contributed by atoms with van der Waals surface area (Å²) in [4.78, 5) is 15.5. The van der Waals surface area contributed by atoms with Gasteiger partial charge in [0, 0.05) is 11.4 Å². The van der Waals surface area contributed by atoms with Gasteiger partial charge in [-0.25, -0.2) is 5.84 Å². The Kier molecular flexibility index (Phi) is 6.28. The van der Waals surface area contributed by atoms with Gasteiger partial charge in [-0.1, -0.05) is 0 Å². The van der Waals surface area contributed by atoms with Gasteiger partial charge in [-0.15, -0.1) is 11.3 Å². The van der Waals surface area contributed by atoms with E-state index < -0.39 is 0 Å². The van der Waals surface area contributed by atoms with Crippen LogP contribution in [-0.4, -0.2) is 38.0 Å². The number of hydrogen-bond donors (Lipinski definition) is 3. The second-order valence-electron chi connectivity index (χ2n) is 4.36. The van der Waals surface area contributed by atoms with Gasteiger partial charge >= 0.3 is 0 Å². The van der Waals surface area contributed by atoms with Crippen molar-refractivity contribution in [3.8, 4) is 0 Å². The molecule has 102 valence electrons. The minimum Gasteiger partial charge on any atom is -0.320 e. The highest BCUT2D eigenvalue weighted by atomic mass is 32.1. The van der Waals surface area contributed by atoms with Crippen LogP contribution in [0.1, 0.15) is 26.5 Å². The van der Waals surface area contributed by atoms with Crippen LogP contribution in [0.15, 0.2) is 6.07 Å². The Bertz CT molecular complexity index is 391. The van der Waals surface area contributed by atoms with E-state index >= 15 is 0 Å². The molecule has 1 rings (SSSR count). The number of thiophene rings is 1. The average molecular weight is 270 g/mol. The van der Waals surface area contributed by atoms with E-state index in [1.54, 1.807) is 0 Å². The van der Waals surface area contributed by atoms with Gasteiger partial charge in [-0.3, -0.25) is 10.2 Å². The Morgan fingerprint density at radius 1 is 1.56 bits per heavy atom. The zero-order chi connectivity index (χ0) is 13.5. The van der Waals surface area contributed by atoms with E-state index in [4.69, 9.17) is 5.84 Å². The normalized spacial score (nSPS) is 10.9. The smallest absolute Gasteiger partial charge is 0.275 e. The Balaban J connectivity index is 2.56. The molecule has 0 radical (unpaired) electrons. The van der Waals surface area contributed by atoms with Gasteiger partial charge in [0.1, 0.15) is 0 Å². The average Bonchev–Trinajstić information content (AvgIpc) is 2.70. The van der Waals surface area contributed by atoms with E-state index in [0.29, 0.717) is 4.88 Å². The highest BCUT2D eigenvalue weighted by Gasteiger charge is 2.12. The van der Waals surface area contributed by atoms with E-state index in [9.17, 15) is 4.79 Å². The lowest BCUT2D eigenvalue weighted by atomic mass is 10.2. The fourth-order valence-corrected chi connectivity index (χ4v) is 2.69.